The van der Waals surface area contributed by atoms with Crippen molar-refractivity contribution in [3.05, 3.63) is 30.3 Å². The van der Waals surface area contributed by atoms with Crippen molar-refractivity contribution in [2.45, 2.75) is 31.7 Å². The largest absolute Gasteiger partial charge is 0.493 e. The van der Waals surface area contributed by atoms with Gasteiger partial charge < -0.3 is 15.4 Å². The molecule has 104 valence electrons. The third kappa shape index (κ3) is 5.30. The third-order valence-corrected chi connectivity index (χ3v) is 3.30. The second-order valence-electron chi connectivity index (χ2n) is 4.86. The summed E-state index contributed by atoms with van der Waals surface area (Å²) in [5.41, 5.74) is 0. The SMILES string of the molecule is O=C(CCOc1ccccc1)NCC1CCCCN1. The van der Waals surface area contributed by atoms with Crippen molar-refractivity contribution in [3.8, 4) is 5.75 Å². The minimum absolute atomic E-state index is 0.0586. The van der Waals surface area contributed by atoms with Crippen LogP contribution in [0.25, 0.3) is 0 Å². The molecule has 2 rings (SSSR count). The summed E-state index contributed by atoms with van der Waals surface area (Å²) in [6, 6.07) is 10.0. The van der Waals surface area contributed by atoms with Gasteiger partial charge in [-0.05, 0) is 31.5 Å². The molecule has 19 heavy (non-hydrogen) atoms. The van der Waals surface area contributed by atoms with E-state index >= 15 is 0 Å². The summed E-state index contributed by atoms with van der Waals surface area (Å²) in [4.78, 5) is 11.7. The van der Waals surface area contributed by atoms with E-state index in [2.05, 4.69) is 10.6 Å². The molecule has 0 aromatic heterocycles. The molecule has 1 aliphatic heterocycles. The van der Waals surface area contributed by atoms with Gasteiger partial charge in [-0.2, -0.15) is 0 Å². The summed E-state index contributed by atoms with van der Waals surface area (Å²) >= 11 is 0. The van der Waals surface area contributed by atoms with Crippen LogP contribution in [-0.4, -0.2) is 31.6 Å². The zero-order chi connectivity index (χ0) is 13.3. The Morgan fingerprint density at radius 2 is 2.16 bits per heavy atom. The number of amides is 1. The number of benzene rings is 1. The fourth-order valence-corrected chi connectivity index (χ4v) is 2.20. The van der Waals surface area contributed by atoms with Crippen molar-refractivity contribution >= 4 is 5.91 Å². The third-order valence-electron chi connectivity index (χ3n) is 3.30. The highest BCUT2D eigenvalue weighted by Crippen LogP contribution is 2.08. The molecule has 1 amide bonds. The molecule has 1 unspecified atom stereocenters. The summed E-state index contributed by atoms with van der Waals surface area (Å²) in [5.74, 6) is 0.868. The van der Waals surface area contributed by atoms with Gasteiger partial charge in [0.25, 0.3) is 0 Å². The van der Waals surface area contributed by atoms with E-state index in [0.717, 1.165) is 25.3 Å². The lowest BCUT2D eigenvalue weighted by atomic mass is 10.1. The molecule has 0 saturated carbocycles. The molecule has 1 atom stereocenters. The Morgan fingerprint density at radius 3 is 2.89 bits per heavy atom. The fourth-order valence-electron chi connectivity index (χ4n) is 2.20. The molecule has 2 N–H and O–H groups in total. The first-order valence-electron chi connectivity index (χ1n) is 7.02. The van der Waals surface area contributed by atoms with E-state index in [-0.39, 0.29) is 5.91 Å². The number of para-hydroxylation sites is 1. The van der Waals surface area contributed by atoms with Crippen LogP contribution in [0.2, 0.25) is 0 Å². The first-order valence-corrected chi connectivity index (χ1v) is 7.02. The Balaban J connectivity index is 1.57. The quantitative estimate of drug-likeness (QED) is 0.820. The van der Waals surface area contributed by atoms with E-state index in [9.17, 15) is 4.79 Å². The Labute approximate surface area is 114 Å². The Morgan fingerprint density at radius 1 is 1.32 bits per heavy atom. The molecular weight excluding hydrogens is 240 g/mol. The average Bonchev–Trinajstić information content (AvgIpc) is 2.47. The van der Waals surface area contributed by atoms with E-state index in [1.807, 2.05) is 30.3 Å². The number of ether oxygens (including phenoxy) is 1. The minimum Gasteiger partial charge on any atom is -0.493 e. The zero-order valence-electron chi connectivity index (χ0n) is 11.2. The number of carbonyl (C=O) groups excluding carboxylic acids is 1. The van der Waals surface area contributed by atoms with Crippen LogP contribution < -0.4 is 15.4 Å². The molecule has 4 heteroatoms. The zero-order valence-corrected chi connectivity index (χ0v) is 11.2. The van der Waals surface area contributed by atoms with Crippen LogP contribution in [0.5, 0.6) is 5.75 Å². The number of carbonyl (C=O) groups is 1. The van der Waals surface area contributed by atoms with Crippen LogP contribution in [0.15, 0.2) is 30.3 Å². The van der Waals surface area contributed by atoms with Crippen molar-refractivity contribution in [1.29, 1.82) is 0 Å². The highest BCUT2D eigenvalue weighted by Gasteiger charge is 2.13. The van der Waals surface area contributed by atoms with Gasteiger partial charge in [0.2, 0.25) is 5.91 Å². The van der Waals surface area contributed by atoms with Gasteiger partial charge in [0.05, 0.1) is 13.0 Å². The van der Waals surface area contributed by atoms with Crippen LogP contribution in [-0.2, 0) is 4.79 Å². The molecule has 0 spiro atoms. The van der Waals surface area contributed by atoms with Gasteiger partial charge in [-0.1, -0.05) is 24.6 Å². The van der Waals surface area contributed by atoms with Gasteiger partial charge in [0.1, 0.15) is 5.75 Å². The molecule has 0 aliphatic carbocycles. The number of hydrogen-bond donors (Lipinski definition) is 2. The van der Waals surface area contributed by atoms with Gasteiger partial charge in [-0.3, -0.25) is 4.79 Å². The topological polar surface area (TPSA) is 50.4 Å². The summed E-state index contributed by atoms with van der Waals surface area (Å²) in [7, 11) is 0. The van der Waals surface area contributed by atoms with Crippen LogP contribution >= 0.6 is 0 Å². The summed E-state index contributed by atoms with van der Waals surface area (Å²) in [6.07, 6.45) is 4.06. The molecule has 1 saturated heterocycles. The standard InChI is InChI=1S/C15H22N2O2/c18-15(17-12-13-6-4-5-10-16-13)9-11-19-14-7-2-1-3-8-14/h1-3,7-8,13,16H,4-6,9-12H2,(H,17,18). The van der Waals surface area contributed by atoms with Crippen molar-refractivity contribution in [1.82, 2.24) is 10.6 Å². The maximum absolute atomic E-state index is 11.7. The Kier molecular flexibility index (Phi) is 5.69. The van der Waals surface area contributed by atoms with Crippen LogP contribution in [0.1, 0.15) is 25.7 Å². The second kappa shape index (κ2) is 7.79. The van der Waals surface area contributed by atoms with Crippen LogP contribution in [0.3, 0.4) is 0 Å². The maximum atomic E-state index is 11.7. The highest BCUT2D eigenvalue weighted by atomic mass is 16.5. The monoisotopic (exact) mass is 262 g/mol. The molecule has 0 bridgehead atoms. The number of rotatable bonds is 6. The molecular formula is C15H22N2O2. The number of hydrogen-bond acceptors (Lipinski definition) is 3. The second-order valence-corrected chi connectivity index (χ2v) is 4.86. The highest BCUT2D eigenvalue weighted by molar-refractivity contribution is 5.76. The predicted octanol–water partition coefficient (Wildman–Crippen LogP) is 1.71. The normalized spacial score (nSPS) is 18.8. The van der Waals surface area contributed by atoms with Crippen molar-refractivity contribution in [2.24, 2.45) is 0 Å². The van der Waals surface area contributed by atoms with Crippen molar-refractivity contribution < 1.29 is 9.53 Å². The lowest BCUT2D eigenvalue weighted by Gasteiger charge is -2.23. The summed E-state index contributed by atoms with van der Waals surface area (Å²) in [6.45, 7) is 2.22. The van der Waals surface area contributed by atoms with E-state index in [0.29, 0.717) is 19.1 Å². The minimum atomic E-state index is 0.0586. The maximum Gasteiger partial charge on any atom is 0.223 e. The fraction of sp³-hybridized carbons (Fsp3) is 0.533. The van der Waals surface area contributed by atoms with E-state index < -0.39 is 0 Å². The van der Waals surface area contributed by atoms with E-state index in [4.69, 9.17) is 4.74 Å². The van der Waals surface area contributed by atoms with Gasteiger partial charge in [0, 0.05) is 12.6 Å². The molecule has 1 fully saturated rings. The van der Waals surface area contributed by atoms with Gasteiger partial charge in [-0.25, -0.2) is 0 Å². The molecule has 1 aromatic rings. The molecule has 4 nitrogen and oxygen atoms in total. The lowest BCUT2D eigenvalue weighted by Crippen LogP contribution is -2.43. The van der Waals surface area contributed by atoms with E-state index in [1.54, 1.807) is 0 Å². The predicted molar refractivity (Wildman–Crippen MR) is 75.2 cm³/mol. The number of piperidine rings is 1. The van der Waals surface area contributed by atoms with Crippen LogP contribution in [0.4, 0.5) is 0 Å². The molecule has 1 aliphatic rings. The Bertz CT molecular complexity index is 375. The first kappa shape index (κ1) is 13.9. The smallest absolute Gasteiger partial charge is 0.223 e. The average molecular weight is 262 g/mol. The summed E-state index contributed by atoms with van der Waals surface area (Å²) < 4.78 is 5.49. The first-order chi connectivity index (χ1) is 9.34. The van der Waals surface area contributed by atoms with Gasteiger partial charge in [0.15, 0.2) is 0 Å². The van der Waals surface area contributed by atoms with Gasteiger partial charge >= 0.3 is 0 Å². The van der Waals surface area contributed by atoms with Crippen molar-refractivity contribution in [2.75, 3.05) is 19.7 Å². The molecule has 1 aromatic carbocycles. The number of nitrogens with one attached hydrogen (secondary N) is 2. The van der Waals surface area contributed by atoms with Gasteiger partial charge in [-0.15, -0.1) is 0 Å². The Hall–Kier alpha value is -1.55. The summed E-state index contributed by atoms with van der Waals surface area (Å²) in [5, 5.41) is 6.37. The molecule has 1 heterocycles. The molecule has 0 radical (unpaired) electrons. The van der Waals surface area contributed by atoms with E-state index in [1.165, 1.54) is 12.8 Å². The van der Waals surface area contributed by atoms with Crippen molar-refractivity contribution in [3.63, 3.8) is 0 Å². The lowest BCUT2D eigenvalue weighted by molar-refractivity contribution is -0.121. The van der Waals surface area contributed by atoms with Crippen LogP contribution in [0, 0.1) is 0 Å².